The van der Waals surface area contributed by atoms with Crippen molar-refractivity contribution in [3.05, 3.63) is 46.6 Å². The molecule has 2 aromatic rings. The van der Waals surface area contributed by atoms with Crippen LogP contribution < -0.4 is 4.74 Å². The second kappa shape index (κ2) is 11.0. The van der Waals surface area contributed by atoms with E-state index in [1.54, 1.807) is 0 Å². The summed E-state index contributed by atoms with van der Waals surface area (Å²) in [7, 11) is 0. The molecule has 0 saturated carbocycles. The van der Waals surface area contributed by atoms with Crippen molar-refractivity contribution in [3.8, 4) is 5.88 Å². The third kappa shape index (κ3) is 5.68. The molecule has 2 aliphatic rings. The second-order valence-electron chi connectivity index (χ2n) is 9.11. The molecule has 10 heteroatoms. The fourth-order valence-electron chi connectivity index (χ4n) is 4.45. The third-order valence-corrected chi connectivity index (χ3v) is 6.65. The molecule has 1 aromatic heterocycles. The Kier molecular flexibility index (Phi) is 8.08. The molecule has 35 heavy (non-hydrogen) atoms. The Morgan fingerprint density at radius 1 is 1.14 bits per heavy atom. The van der Waals surface area contributed by atoms with Crippen molar-refractivity contribution in [1.29, 1.82) is 0 Å². The lowest BCUT2D eigenvalue weighted by Crippen LogP contribution is -2.60. The molecule has 2 unspecified atom stereocenters. The largest absolute Gasteiger partial charge is 0.463 e. The first kappa shape index (κ1) is 25.6. The van der Waals surface area contributed by atoms with E-state index in [4.69, 9.17) is 18.9 Å². The van der Waals surface area contributed by atoms with E-state index in [9.17, 15) is 20.1 Å². The number of aromatic nitrogens is 2. The van der Waals surface area contributed by atoms with Gasteiger partial charge < -0.3 is 34.3 Å². The molecular weight excluding hydrogens is 456 g/mol. The molecule has 0 spiro atoms. The molecule has 2 fully saturated rings. The van der Waals surface area contributed by atoms with Gasteiger partial charge in [0.15, 0.2) is 0 Å². The molecule has 2 saturated heterocycles. The smallest absolute Gasteiger partial charge is 0.302 e. The summed E-state index contributed by atoms with van der Waals surface area (Å²) in [4.78, 5) is 11.2. The molecular formula is C25H34N2O8. The molecule has 4 rings (SSSR count). The molecule has 192 valence electrons. The van der Waals surface area contributed by atoms with Gasteiger partial charge in [0, 0.05) is 31.2 Å². The van der Waals surface area contributed by atoms with Crippen molar-refractivity contribution in [3.63, 3.8) is 0 Å². The van der Waals surface area contributed by atoms with Gasteiger partial charge in [0.1, 0.15) is 31.0 Å². The monoisotopic (exact) mass is 490 g/mol. The number of aryl methyl sites for hydroxylation is 1. The van der Waals surface area contributed by atoms with Gasteiger partial charge in [-0.15, -0.1) is 5.10 Å². The van der Waals surface area contributed by atoms with Crippen LogP contribution in [-0.4, -0.2) is 81.6 Å². The number of ether oxygens (including phenoxy) is 4. The van der Waals surface area contributed by atoms with Crippen LogP contribution in [-0.2, 0) is 31.8 Å². The van der Waals surface area contributed by atoms with E-state index in [1.807, 2.05) is 11.6 Å². The number of esters is 1. The van der Waals surface area contributed by atoms with Gasteiger partial charge in [0.05, 0.1) is 12.6 Å². The number of nitrogens with zero attached hydrogens (tertiary/aromatic N) is 2. The normalized spacial score (nSPS) is 28.7. The van der Waals surface area contributed by atoms with Gasteiger partial charge in [-0.25, -0.2) is 0 Å². The van der Waals surface area contributed by atoms with Crippen molar-refractivity contribution in [2.45, 2.75) is 76.8 Å². The minimum atomic E-state index is -1.55. The summed E-state index contributed by atoms with van der Waals surface area (Å²) in [5.41, 5.74) is 4.06. The molecule has 10 nitrogen and oxygen atoms in total. The summed E-state index contributed by atoms with van der Waals surface area (Å²) < 4.78 is 24.1. The average Bonchev–Trinajstić information content (AvgIpc) is 3.48. The Labute approximate surface area is 204 Å². The SMILES string of the molecule is CCc1ccc(Cc2c(O[C@@H]3O[C@H](COC(C)=O)[C@@H](O)[C@H](O)C3O)nn(C3CCOC3)c2C)cc1. The van der Waals surface area contributed by atoms with Crippen molar-refractivity contribution in [1.82, 2.24) is 9.78 Å². The van der Waals surface area contributed by atoms with Crippen LogP contribution in [0.25, 0.3) is 0 Å². The third-order valence-electron chi connectivity index (χ3n) is 6.65. The average molecular weight is 491 g/mol. The molecule has 0 aliphatic carbocycles. The highest BCUT2D eigenvalue weighted by Crippen LogP contribution is 2.32. The van der Waals surface area contributed by atoms with Crippen LogP contribution in [0.2, 0.25) is 0 Å². The van der Waals surface area contributed by atoms with Crippen molar-refractivity contribution >= 4 is 5.97 Å². The fraction of sp³-hybridized carbons (Fsp3) is 0.600. The van der Waals surface area contributed by atoms with E-state index in [1.165, 1.54) is 12.5 Å². The lowest BCUT2D eigenvalue weighted by atomic mass is 9.99. The summed E-state index contributed by atoms with van der Waals surface area (Å²) in [5.74, 6) is -0.281. The van der Waals surface area contributed by atoms with E-state index < -0.39 is 36.7 Å². The van der Waals surface area contributed by atoms with Crippen LogP contribution in [0.1, 0.15) is 48.7 Å². The minimum Gasteiger partial charge on any atom is -0.463 e. The Morgan fingerprint density at radius 2 is 1.86 bits per heavy atom. The van der Waals surface area contributed by atoms with Gasteiger partial charge in [-0.05, 0) is 30.9 Å². The maximum absolute atomic E-state index is 11.2. The first-order valence-corrected chi connectivity index (χ1v) is 12.0. The van der Waals surface area contributed by atoms with E-state index in [0.717, 1.165) is 29.7 Å². The van der Waals surface area contributed by atoms with Crippen LogP contribution in [0.4, 0.5) is 0 Å². The Bertz CT molecular complexity index is 1000. The zero-order valence-electron chi connectivity index (χ0n) is 20.3. The van der Waals surface area contributed by atoms with Gasteiger partial charge >= 0.3 is 5.97 Å². The second-order valence-corrected chi connectivity index (χ2v) is 9.11. The summed E-state index contributed by atoms with van der Waals surface area (Å²) >= 11 is 0. The van der Waals surface area contributed by atoms with Crippen LogP contribution in [0.15, 0.2) is 24.3 Å². The van der Waals surface area contributed by atoms with Gasteiger partial charge in [-0.1, -0.05) is 31.2 Å². The maximum atomic E-state index is 11.2. The van der Waals surface area contributed by atoms with Crippen molar-refractivity contribution < 1.29 is 39.1 Å². The summed E-state index contributed by atoms with van der Waals surface area (Å²) in [6.07, 6.45) is -4.60. The summed E-state index contributed by atoms with van der Waals surface area (Å²) in [6.45, 7) is 6.22. The van der Waals surface area contributed by atoms with Gasteiger partial charge in [0.2, 0.25) is 12.2 Å². The van der Waals surface area contributed by atoms with Crippen LogP contribution in [0.5, 0.6) is 5.88 Å². The number of benzene rings is 1. The standard InChI is InChI=1S/C25H34N2O8/c1-4-16-5-7-17(8-6-16)11-19-14(2)27(18-9-10-32-12-18)26-24(19)35-25-23(31)22(30)21(29)20(34-25)13-33-15(3)28/h5-8,18,20-23,25,29-31H,4,9-13H2,1-3H3/t18?,20-,21-,22+,23?,25+/m1/s1. The lowest BCUT2D eigenvalue weighted by molar-refractivity contribution is -0.279. The Balaban J connectivity index is 1.61. The van der Waals surface area contributed by atoms with E-state index in [2.05, 4.69) is 36.3 Å². The lowest BCUT2D eigenvalue weighted by Gasteiger charge is -2.39. The first-order chi connectivity index (χ1) is 16.8. The fourth-order valence-corrected chi connectivity index (χ4v) is 4.45. The molecule has 0 bridgehead atoms. The molecule has 3 N–H and O–H groups in total. The molecule has 6 atom stereocenters. The Morgan fingerprint density at radius 3 is 2.49 bits per heavy atom. The highest BCUT2D eigenvalue weighted by molar-refractivity contribution is 5.65. The maximum Gasteiger partial charge on any atom is 0.302 e. The summed E-state index contributed by atoms with van der Waals surface area (Å²) in [5, 5.41) is 35.9. The number of carbonyl (C=O) groups excluding carboxylic acids is 1. The Hall–Kier alpha value is -2.50. The van der Waals surface area contributed by atoms with Gasteiger partial charge in [-0.2, -0.15) is 0 Å². The predicted molar refractivity (Wildman–Crippen MR) is 124 cm³/mol. The topological polar surface area (TPSA) is 132 Å². The quantitative estimate of drug-likeness (QED) is 0.465. The predicted octanol–water partition coefficient (Wildman–Crippen LogP) is 1.06. The molecule has 0 radical (unpaired) electrons. The molecule has 0 amide bonds. The van der Waals surface area contributed by atoms with E-state index >= 15 is 0 Å². The number of rotatable bonds is 8. The minimum absolute atomic E-state index is 0.0647. The zero-order chi connectivity index (χ0) is 25.1. The summed E-state index contributed by atoms with van der Waals surface area (Å²) in [6, 6.07) is 8.38. The van der Waals surface area contributed by atoms with Gasteiger partial charge in [-0.3, -0.25) is 9.48 Å². The highest BCUT2D eigenvalue weighted by atomic mass is 16.7. The molecule has 1 aromatic carbocycles. The number of hydrogen-bond acceptors (Lipinski definition) is 9. The molecule has 2 aliphatic heterocycles. The van der Waals surface area contributed by atoms with Crippen LogP contribution in [0, 0.1) is 6.92 Å². The highest BCUT2D eigenvalue weighted by Gasteiger charge is 2.46. The molecule has 3 heterocycles. The number of aliphatic hydroxyl groups excluding tert-OH is 3. The first-order valence-electron chi connectivity index (χ1n) is 12.0. The zero-order valence-corrected chi connectivity index (χ0v) is 20.3. The van der Waals surface area contributed by atoms with Crippen LogP contribution >= 0.6 is 0 Å². The number of hydrogen-bond donors (Lipinski definition) is 3. The number of carbonyl (C=O) groups is 1. The van der Waals surface area contributed by atoms with Gasteiger partial charge in [0.25, 0.3) is 0 Å². The number of aliphatic hydroxyl groups is 3. The van der Waals surface area contributed by atoms with E-state index in [-0.39, 0.29) is 18.5 Å². The van der Waals surface area contributed by atoms with Crippen LogP contribution in [0.3, 0.4) is 0 Å². The van der Waals surface area contributed by atoms with Crippen molar-refractivity contribution in [2.24, 2.45) is 0 Å². The van der Waals surface area contributed by atoms with Crippen molar-refractivity contribution in [2.75, 3.05) is 19.8 Å². The van der Waals surface area contributed by atoms with E-state index in [0.29, 0.717) is 19.6 Å².